The van der Waals surface area contributed by atoms with Gasteiger partial charge in [0.1, 0.15) is 0 Å². The van der Waals surface area contributed by atoms with Crippen LogP contribution in [-0.4, -0.2) is 36.6 Å². The summed E-state index contributed by atoms with van der Waals surface area (Å²) < 4.78 is 5.43. The molecule has 1 aliphatic heterocycles. The Hall–Kier alpha value is -1.46. The molecule has 1 fully saturated rings. The Bertz CT molecular complexity index is 489. The molecule has 5 nitrogen and oxygen atoms in total. The van der Waals surface area contributed by atoms with Crippen LogP contribution in [0.3, 0.4) is 0 Å². The van der Waals surface area contributed by atoms with Crippen LogP contribution in [0.4, 0.5) is 5.69 Å². The summed E-state index contributed by atoms with van der Waals surface area (Å²) in [5, 5.41) is 10.9. The fourth-order valence-electron chi connectivity index (χ4n) is 2.07. The van der Waals surface area contributed by atoms with Crippen LogP contribution < -0.4 is 0 Å². The lowest BCUT2D eigenvalue weighted by molar-refractivity contribution is -0.385. The highest BCUT2D eigenvalue weighted by Crippen LogP contribution is 2.27. The van der Waals surface area contributed by atoms with Gasteiger partial charge in [0.25, 0.3) is 5.69 Å². The van der Waals surface area contributed by atoms with Crippen LogP contribution >= 0.6 is 0 Å². The van der Waals surface area contributed by atoms with Crippen molar-refractivity contribution in [2.45, 2.75) is 40.2 Å². The topological polar surface area (TPSA) is 55.6 Å². The van der Waals surface area contributed by atoms with Crippen LogP contribution in [0.25, 0.3) is 0 Å². The maximum atomic E-state index is 10.9. The van der Waals surface area contributed by atoms with E-state index in [9.17, 15) is 10.1 Å². The van der Waals surface area contributed by atoms with Gasteiger partial charge in [-0.15, -0.1) is 0 Å². The van der Waals surface area contributed by atoms with Crippen molar-refractivity contribution in [2.24, 2.45) is 5.92 Å². The fraction of sp³-hybridized carbons (Fsp3) is 0.647. The third kappa shape index (κ3) is 5.39. The second kappa shape index (κ2) is 8.86. The molecule has 1 unspecified atom stereocenters. The molecule has 0 aromatic heterocycles. The Balaban J connectivity index is 0.000000422. The van der Waals surface area contributed by atoms with E-state index in [1.807, 2.05) is 13.1 Å². The second-order valence-corrected chi connectivity index (χ2v) is 6.18. The number of nitrogens with zero attached hydrogens (tertiary/aromatic N) is 2. The molecule has 0 amide bonds. The minimum Gasteiger partial charge on any atom is -0.378 e. The number of aryl methyl sites for hydroxylation is 1. The van der Waals surface area contributed by atoms with Crippen molar-refractivity contribution >= 4 is 5.69 Å². The first-order chi connectivity index (χ1) is 10.4. The molecule has 1 atom stereocenters. The molecule has 0 saturated carbocycles. The number of benzene rings is 1. The highest BCUT2D eigenvalue weighted by atomic mass is 16.6. The Labute approximate surface area is 133 Å². The van der Waals surface area contributed by atoms with E-state index in [4.69, 9.17) is 4.74 Å². The first-order valence-corrected chi connectivity index (χ1v) is 7.89. The molecule has 1 aromatic carbocycles. The van der Waals surface area contributed by atoms with E-state index in [2.05, 4.69) is 25.7 Å². The monoisotopic (exact) mass is 308 g/mol. The lowest BCUT2D eigenvalue weighted by atomic mass is 10.0. The predicted molar refractivity (Wildman–Crippen MR) is 89.2 cm³/mol. The minimum absolute atomic E-state index is 0.114. The van der Waals surface area contributed by atoms with E-state index < -0.39 is 0 Å². The zero-order valence-corrected chi connectivity index (χ0v) is 14.3. The average Bonchev–Trinajstić information content (AvgIpc) is 2.49. The van der Waals surface area contributed by atoms with Crippen LogP contribution in [0.1, 0.15) is 44.4 Å². The van der Waals surface area contributed by atoms with Gasteiger partial charge in [-0.25, -0.2) is 0 Å². The number of nitro groups is 1. The molecule has 1 aromatic rings. The lowest BCUT2D eigenvalue weighted by Gasteiger charge is -2.32. The van der Waals surface area contributed by atoms with Gasteiger partial charge in [0, 0.05) is 18.2 Å². The first kappa shape index (κ1) is 18.6. The van der Waals surface area contributed by atoms with Gasteiger partial charge in [-0.1, -0.05) is 39.3 Å². The zero-order valence-electron chi connectivity index (χ0n) is 14.3. The Morgan fingerprint density at radius 2 is 2.09 bits per heavy atom. The van der Waals surface area contributed by atoms with Crippen LogP contribution in [0.5, 0.6) is 0 Å². The summed E-state index contributed by atoms with van der Waals surface area (Å²) in [5.41, 5.74) is 1.82. The minimum atomic E-state index is -0.331. The smallest absolute Gasteiger partial charge is 0.272 e. The zero-order chi connectivity index (χ0) is 16.7. The van der Waals surface area contributed by atoms with Crippen molar-refractivity contribution in [3.8, 4) is 0 Å². The van der Waals surface area contributed by atoms with Crippen LogP contribution in [0.2, 0.25) is 0 Å². The van der Waals surface area contributed by atoms with Crippen molar-refractivity contribution < 1.29 is 9.66 Å². The van der Waals surface area contributed by atoms with Gasteiger partial charge in [0.05, 0.1) is 24.2 Å². The molecule has 124 valence electrons. The van der Waals surface area contributed by atoms with Crippen molar-refractivity contribution in [1.29, 1.82) is 0 Å². The number of rotatable bonds is 3. The first-order valence-electron chi connectivity index (χ1n) is 7.89. The molecule has 1 heterocycles. The summed E-state index contributed by atoms with van der Waals surface area (Å²) in [5.74, 6) is 0.884. The summed E-state index contributed by atoms with van der Waals surface area (Å²) in [6.07, 6.45) is 1.31. The average molecular weight is 308 g/mol. The highest BCUT2D eigenvalue weighted by molar-refractivity contribution is 5.43. The maximum Gasteiger partial charge on any atom is 0.272 e. The number of hydrogen-bond donors (Lipinski definition) is 0. The fourth-order valence-corrected chi connectivity index (χ4v) is 2.07. The van der Waals surface area contributed by atoms with E-state index in [-0.39, 0.29) is 16.7 Å². The van der Waals surface area contributed by atoms with Crippen molar-refractivity contribution in [1.82, 2.24) is 4.90 Å². The number of likely N-dealkylation sites (N-methyl/N-ethyl adjacent to an activating group) is 1. The normalized spacial score (nSPS) is 18.7. The third-order valence-electron chi connectivity index (χ3n) is 4.03. The quantitative estimate of drug-likeness (QED) is 0.626. The van der Waals surface area contributed by atoms with Gasteiger partial charge in [-0.3, -0.25) is 15.0 Å². The molecule has 0 radical (unpaired) electrons. The number of nitro benzene ring substituents is 1. The standard InChI is InChI=1S/C12H16N2O3.C5H12/c1-9-3-4-10(7-11(9)14(15)16)12-8-17-6-5-13(12)2;1-4-5(2)3/h3-4,7,12H,5-6,8H2,1-2H3;5H,4H2,1-3H3. The summed E-state index contributed by atoms with van der Waals surface area (Å²) in [4.78, 5) is 12.7. The lowest BCUT2D eigenvalue weighted by Crippen LogP contribution is -2.36. The molecule has 0 N–H and O–H groups in total. The van der Waals surface area contributed by atoms with Gasteiger partial charge >= 0.3 is 0 Å². The molecule has 0 aliphatic carbocycles. The largest absolute Gasteiger partial charge is 0.378 e. The summed E-state index contributed by atoms with van der Waals surface area (Å²) in [7, 11) is 2.01. The van der Waals surface area contributed by atoms with Crippen molar-refractivity contribution in [3.63, 3.8) is 0 Å². The van der Waals surface area contributed by atoms with E-state index in [0.717, 1.165) is 24.6 Å². The van der Waals surface area contributed by atoms with Crippen molar-refractivity contribution in [3.05, 3.63) is 39.4 Å². The summed E-state index contributed by atoms with van der Waals surface area (Å²) in [6.45, 7) is 10.6. The number of hydrogen-bond acceptors (Lipinski definition) is 4. The Kier molecular flexibility index (Phi) is 7.48. The van der Waals surface area contributed by atoms with E-state index in [1.165, 1.54) is 6.42 Å². The third-order valence-corrected chi connectivity index (χ3v) is 4.03. The maximum absolute atomic E-state index is 10.9. The molecule has 1 aliphatic rings. The molecule has 22 heavy (non-hydrogen) atoms. The van der Waals surface area contributed by atoms with Gasteiger partial charge < -0.3 is 4.74 Å². The van der Waals surface area contributed by atoms with Crippen LogP contribution in [-0.2, 0) is 4.74 Å². The van der Waals surface area contributed by atoms with E-state index in [0.29, 0.717) is 12.2 Å². The molecular formula is C17H28N2O3. The highest BCUT2D eigenvalue weighted by Gasteiger charge is 2.23. The van der Waals surface area contributed by atoms with Gasteiger partial charge in [0.2, 0.25) is 0 Å². The van der Waals surface area contributed by atoms with Gasteiger partial charge in [-0.05, 0) is 25.5 Å². The number of morpholine rings is 1. The van der Waals surface area contributed by atoms with Crippen LogP contribution in [0, 0.1) is 23.0 Å². The molecular weight excluding hydrogens is 280 g/mol. The van der Waals surface area contributed by atoms with E-state index in [1.54, 1.807) is 19.1 Å². The number of ether oxygens (including phenoxy) is 1. The van der Waals surface area contributed by atoms with E-state index >= 15 is 0 Å². The molecule has 0 spiro atoms. The second-order valence-electron chi connectivity index (χ2n) is 6.18. The molecule has 1 saturated heterocycles. The van der Waals surface area contributed by atoms with Crippen molar-refractivity contribution in [2.75, 3.05) is 26.8 Å². The Morgan fingerprint density at radius 1 is 1.45 bits per heavy atom. The summed E-state index contributed by atoms with van der Waals surface area (Å²) >= 11 is 0. The predicted octanol–water partition coefficient (Wildman–Crippen LogP) is 3.96. The Morgan fingerprint density at radius 3 is 2.59 bits per heavy atom. The van der Waals surface area contributed by atoms with Crippen LogP contribution in [0.15, 0.2) is 18.2 Å². The van der Waals surface area contributed by atoms with Gasteiger partial charge in [0.15, 0.2) is 0 Å². The molecule has 5 heteroatoms. The summed E-state index contributed by atoms with van der Waals surface area (Å²) in [6, 6.07) is 5.52. The SMILES string of the molecule is CCC(C)C.Cc1ccc(C2COCCN2C)cc1[N+](=O)[O-]. The molecule has 2 rings (SSSR count). The molecule has 0 bridgehead atoms. The van der Waals surface area contributed by atoms with Gasteiger partial charge in [-0.2, -0.15) is 0 Å².